The summed E-state index contributed by atoms with van der Waals surface area (Å²) in [4.78, 5) is 0. The monoisotopic (exact) mass is 182 g/mol. The zero-order valence-electron chi connectivity index (χ0n) is 7.16. The number of aliphatic hydroxyl groups is 1. The minimum atomic E-state index is -0.311. The smallest absolute Gasteiger partial charge is 0.165 e. The van der Waals surface area contributed by atoms with Gasteiger partial charge in [0.15, 0.2) is 11.6 Å². The van der Waals surface area contributed by atoms with Gasteiger partial charge in [0.05, 0.1) is 6.61 Å². The molecule has 70 valence electrons. The van der Waals surface area contributed by atoms with Crippen molar-refractivity contribution < 1.29 is 14.2 Å². The van der Waals surface area contributed by atoms with E-state index in [2.05, 4.69) is 0 Å². The van der Waals surface area contributed by atoms with Gasteiger partial charge in [0.1, 0.15) is 0 Å². The Morgan fingerprint density at radius 3 is 3.15 bits per heavy atom. The Labute approximate surface area is 76.0 Å². The van der Waals surface area contributed by atoms with E-state index in [1.165, 1.54) is 6.07 Å². The Bertz CT molecular complexity index is 312. The van der Waals surface area contributed by atoms with Crippen LogP contribution in [0.3, 0.4) is 0 Å². The summed E-state index contributed by atoms with van der Waals surface area (Å²) in [6.07, 6.45) is 0.698. The summed E-state index contributed by atoms with van der Waals surface area (Å²) in [5.74, 6) is 0.149. The molecule has 0 radical (unpaired) electrons. The van der Waals surface area contributed by atoms with Crippen LogP contribution in [-0.2, 0) is 6.42 Å². The van der Waals surface area contributed by atoms with E-state index in [1.807, 2.05) is 6.07 Å². The van der Waals surface area contributed by atoms with E-state index < -0.39 is 0 Å². The quantitative estimate of drug-likeness (QED) is 0.710. The highest BCUT2D eigenvalue weighted by molar-refractivity contribution is 5.36. The Morgan fingerprint density at radius 2 is 2.38 bits per heavy atom. The average molecular weight is 182 g/mol. The molecule has 0 fully saturated rings. The van der Waals surface area contributed by atoms with Crippen LogP contribution in [0, 0.1) is 11.7 Å². The van der Waals surface area contributed by atoms with Crippen molar-refractivity contribution in [2.75, 3.05) is 13.2 Å². The van der Waals surface area contributed by atoms with Gasteiger partial charge in [0.25, 0.3) is 0 Å². The minimum absolute atomic E-state index is 0.0932. The van der Waals surface area contributed by atoms with Gasteiger partial charge in [0.2, 0.25) is 0 Å². The van der Waals surface area contributed by atoms with Gasteiger partial charge in [-0.2, -0.15) is 0 Å². The maximum Gasteiger partial charge on any atom is 0.165 e. The van der Waals surface area contributed by atoms with Crippen LogP contribution in [0.4, 0.5) is 4.39 Å². The summed E-state index contributed by atoms with van der Waals surface area (Å²) in [6, 6.07) is 4.88. The molecule has 1 aromatic rings. The number of hydrogen-bond acceptors (Lipinski definition) is 2. The third kappa shape index (κ3) is 1.52. The van der Waals surface area contributed by atoms with Crippen molar-refractivity contribution in [1.82, 2.24) is 0 Å². The maximum absolute atomic E-state index is 13.1. The fraction of sp³-hybridized carbons (Fsp3) is 0.400. The Hall–Kier alpha value is -1.09. The number of hydrogen-bond donors (Lipinski definition) is 1. The van der Waals surface area contributed by atoms with E-state index in [-0.39, 0.29) is 18.3 Å². The zero-order valence-corrected chi connectivity index (χ0v) is 7.16. The van der Waals surface area contributed by atoms with Gasteiger partial charge in [-0.3, -0.25) is 0 Å². The van der Waals surface area contributed by atoms with E-state index in [1.54, 1.807) is 6.07 Å². The van der Waals surface area contributed by atoms with Gasteiger partial charge in [-0.05, 0) is 18.1 Å². The lowest BCUT2D eigenvalue weighted by Gasteiger charge is -2.23. The summed E-state index contributed by atoms with van der Waals surface area (Å²) in [5.41, 5.74) is 0.852. The third-order valence-corrected chi connectivity index (χ3v) is 2.28. The normalized spacial score (nSPS) is 20.6. The Morgan fingerprint density at radius 1 is 1.54 bits per heavy atom. The molecule has 3 heteroatoms. The van der Waals surface area contributed by atoms with Gasteiger partial charge in [-0.15, -0.1) is 0 Å². The number of rotatable bonds is 1. The van der Waals surface area contributed by atoms with E-state index in [0.717, 1.165) is 5.56 Å². The van der Waals surface area contributed by atoms with Crippen molar-refractivity contribution in [1.29, 1.82) is 0 Å². The first-order chi connectivity index (χ1) is 6.31. The second kappa shape index (κ2) is 3.34. The molecule has 13 heavy (non-hydrogen) atoms. The van der Waals surface area contributed by atoms with Crippen molar-refractivity contribution in [2.24, 2.45) is 5.92 Å². The van der Waals surface area contributed by atoms with E-state index in [0.29, 0.717) is 18.8 Å². The molecule has 0 aliphatic carbocycles. The summed E-state index contributed by atoms with van der Waals surface area (Å²) in [5, 5.41) is 8.91. The van der Waals surface area contributed by atoms with Crippen LogP contribution in [0.2, 0.25) is 0 Å². The fourth-order valence-electron chi connectivity index (χ4n) is 1.56. The Balaban J connectivity index is 2.31. The molecule has 0 spiro atoms. The van der Waals surface area contributed by atoms with Crippen molar-refractivity contribution in [3.05, 3.63) is 29.6 Å². The molecule has 1 unspecified atom stereocenters. The number of halogens is 1. The van der Waals surface area contributed by atoms with Gasteiger partial charge >= 0.3 is 0 Å². The molecule has 1 atom stereocenters. The van der Waals surface area contributed by atoms with Crippen molar-refractivity contribution in [3.63, 3.8) is 0 Å². The molecular weight excluding hydrogens is 171 g/mol. The topological polar surface area (TPSA) is 29.5 Å². The molecule has 1 aromatic carbocycles. The van der Waals surface area contributed by atoms with Gasteiger partial charge in [-0.1, -0.05) is 12.1 Å². The Kier molecular flexibility index (Phi) is 2.19. The molecule has 1 N–H and O–H groups in total. The first-order valence-electron chi connectivity index (χ1n) is 4.32. The number of fused-ring (bicyclic) bond motifs is 1. The summed E-state index contributed by atoms with van der Waals surface area (Å²) < 4.78 is 18.3. The molecule has 0 saturated heterocycles. The molecule has 1 aliphatic heterocycles. The fourth-order valence-corrected chi connectivity index (χ4v) is 1.56. The number of para-hydroxylation sites is 1. The summed E-state index contributed by atoms with van der Waals surface area (Å²) in [7, 11) is 0. The minimum Gasteiger partial charge on any atom is -0.490 e. The second-order valence-corrected chi connectivity index (χ2v) is 3.29. The molecule has 0 aromatic heterocycles. The van der Waals surface area contributed by atoms with E-state index in [9.17, 15) is 4.39 Å². The molecule has 0 amide bonds. The summed E-state index contributed by atoms with van der Waals surface area (Å²) >= 11 is 0. The predicted octanol–water partition coefficient (Wildman–Crippen LogP) is 1.37. The van der Waals surface area contributed by atoms with Crippen LogP contribution in [0.1, 0.15) is 5.56 Å². The molecule has 2 nitrogen and oxygen atoms in total. The molecule has 0 bridgehead atoms. The number of ether oxygens (including phenoxy) is 1. The highest BCUT2D eigenvalue weighted by Crippen LogP contribution is 2.29. The SMILES string of the molecule is OCC1COc2c(F)cccc2C1. The molecule has 1 heterocycles. The second-order valence-electron chi connectivity index (χ2n) is 3.29. The van der Waals surface area contributed by atoms with Crippen molar-refractivity contribution in [2.45, 2.75) is 6.42 Å². The van der Waals surface area contributed by atoms with Gasteiger partial charge in [0, 0.05) is 12.5 Å². The summed E-state index contributed by atoms with van der Waals surface area (Å²) in [6.45, 7) is 0.500. The molecule has 1 aliphatic rings. The van der Waals surface area contributed by atoms with Crippen LogP contribution in [0.5, 0.6) is 5.75 Å². The molecule has 0 saturated carbocycles. The average Bonchev–Trinajstić information content (AvgIpc) is 2.18. The van der Waals surface area contributed by atoms with E-state index in [4.69, 9.17) is 9.84 Å². The van der Waals surface area contributed by atoms with Gasteiger partial charge < -0.3 is 9.84 Å². The number of aliphatic hydroxyl groups excluding tert-OH is 1. The van der Waals surface area contributed by atoms with Crippen molar-refractivity contribution >= 4 is 0 Å². The van der Waals surface area contributed by atoms with Crippen LogP contribution in [0.15, 0.2) is 18.2 Å². The lowest BCUT2D eigenvalue weighted by Crippen LogP contribution is -2.24. The van der Waals surface area contributed by atoms with Crippen LogP contribution in [0.25, 0.3) is 0 Å². The lowest BCUT2D eigenvalue weighted by molar-refractivity contribution is 0.142. The molecule has 2 rings (SSSR count). The zero-order chi connectivity index (χ0) is 9.26. The van der Waals surface area contributed by atoms with Crippen molar-refractivity contribution in [3.8, 4) is 5.75 Å². The highest BCUT2D eigenvalue weighted by Gasteiger charge is 2.21. The van der Waals surface area contributed by atoms with Crippen LogP contribution >= 0.6 is 0 Å². The van der Waals surface area contributed by atoms with Crippen LogP contribution < -0.4 is 4.74 Å². The van der Waals surface area contributed by atoms with E-state index >= 15 is 0 Å². The largest absolute Gasteiger partial charge is 0.490 e. The predicted molar refractivity (Wildman–Crippen MR) is 46.2 cm³/mol. The van der Waals surface area contributed by atoms with Gasteiger partial charge in [-0.25, -0.2) is 4.39 Å². The first kappa shape index (κ1) is 8.51. The molecular formula is C10H11FO2. The lowest BCUT2D eigenvalue weighted by atomic mass is 9.97. The first-order valence-corrected chi connectivity index (χ1v) is 4.32. The standard InChI is InChI=1S/C10H11FO2/c11-9-3-1-2-8-4-7(5-12)6-13-10(8)9/h1-3,7,12H,4-6H2. The van der Waals surface area contributed by atoms with Crippen LogP contribution in [-0.4, -0.2) is 18.3 Å². The third-order valence-electron chi connectivity index (χ3n) is 2.28. The maximum atomic E-state index is 13.1. The number of benzene rings is 1. The highest BCUT2D eigenvalue weighted by atomic mass is 19.1.